The van der Waals surface area contributed by atoms with Gasteiger partial charge in [-0.1, -0.05) is 32.9 Å². The smallest absolute Gasteiger partial charge is 0.119 e. The van der Waals surface area contributed by atoms with E-state index in [0.29, 0.717) is 32.7 Å². The van der Waals surface area contributed by atoms with Crippen LogP contribution in [0, 0.1) is 0 Å². The average Bonchev–Trinajstić information content (AvgIpc) is 2.37. The minimum atomic E-state index is -0.735. The standard InChI is InChI=1S/C16H24O3/c1-15(2,3)13-4-6-14(7-5-13)19-12-16(17)8-10-18-11-9-16/h4-7,17H,8-12H2,1-3H3. The first-order chi connectivity index (χ1) is 8.89. The lowest BCUT2D eigenvalue weighted by Crippen LogP contribution is -2.41. The Kier molecular flexibility index (Phi) is 4.16. The van der Waals surface area contributed by atoms with Crippen LogP contribution >= 0.6 is 0 Å². The van der Waals surface area contributed by atoms with E-state index in [1.165, 1.54) is 5.56 Å². The Morgan fingerprint density at radius 3 is 2.26 bits per heavy atom. The fourth-order valence-corrected chi connectivity index (χ4v) is 2.16. The van der Waals surface area contributed by atoms with Crippen LogP contribution in [-0.2, 0) is 10.2 Å². The highest BCUT2D eigenvalue weighted by Gasteiger charge is 2.30. The predicted molar refractivity (Wildman–Crippen MR) is 75.6 cm³/mol. The van der Waals surface area contributed by atoms with Gasteiger partial charge in [0.2, 0.25) is 0 Å². The lowest BCUT2D eigenvalue weighted by Gasteiger charge is -2.31. The topological polar surface area (TPSA) is 38.7 Å². The molecule has 1 aliphatic rings. The van der Waals surface area contributed by atoms with E-state index in [4.69, 9.17) is 9.47 Å². The van der Waals surface area contributed by atoms with Gasteiger partial charge in [0.05, 0.1) is 0 Å². The maximum absolute atomic E-state index is 10.3. The number of ether oxygens (including phenoxy) is 2. The molecule has 0 amide bonds. The van der Waals surface area contributed by atoms with E-state index in [-0.39, 0.29) is 5.41 Å². The van der Waals surface area contributed by atoms with E-state index in [9.17, 15) is 5.11 Å². The molecular weight excluding hydrogens is 240 g/mol. The van der Waals surface area contributed by atoms with E-state index in [0.717, 1.165) is 5.75 Å². The third-order valence-electron chi connectivity index (χ3n) is 3.65. The minimum absolute atomic E-state index is 0.150. The summed E-state index contributed by atoms with van der Waals surface area (Å²) >= 11 is 0. The van der Waals surface area contributed by atoms with Crippen LogP contribution in [0.15, 0.2) is 24.3 Å². The summed E-state index contributed by atoms with van der Waals surface area (Å²) in [5, 5.41) is 10.3. The summed E-state index contributed by atoms with van der Waals surface area (Å²) < 4.78 is 11.0. The number of aliphatic hydroxyl groups is 1. The maximum Gasteiger partial charge on any atom is 0.119 e. The largest absolute Gasteiger partial charge is 0.491 e. The Labute approximate surface area is 115 Å². The average molecular weight is 264 g/mol. The highest BCUT2D eigenvalue weighted by molar-refractivity contribution is 5.31. The van der Waals surface area contributed by atoms with Crippen molar-refractivity contribution in [2.45, 2.75) is 44.6 Å². The monoisotopic (exact) mass is 264 g/mol. The van der Waals surface area contributed by atoms with Crippen LogP contribution in [0.2, 0.25) is 0 Å². The number of hydrogen-bond donors (Lipinski definition) is 1. The first-order valence-corrected chi connectivity index (χ1v) is 6.93. The van der Waals surface area contributed by atoms with Gasteiger partial charge in [0.1, 0.15) is 18.0 Å². The van der Waals surface area contributed by atoms with Gasteiger partial charge >= 0.3 is 0 Å². The van der Waals surface area contributed by atoms with Crippen molar-refractivity contribution in [1.82, 2.24) is 0 Å². The SMILES string of the molecule is CC(C)(C)c1ccc(OCC2(O)CCOCC2)cc1. The molecule has 0 radical (unpaired) electrons. The van der Waals surface area contributed by atoms with E-state index >= 15 is 0 Å². The van der Waals surface area contributed by atoms with E-state index in [1.807, 2.05) is 12.1 Å². The molecule has 0 unspecified atom stereocenters. The maximum atomic E-state index is 10.3. The zero-order valence-corrected chi connectivity index (χ0v) is 12.1. The van der Waals surface area contributed by atoms with Crippen molar-refractivity contribution in [3.8, 4) is 5.75 Å². The zero-order valence-electron chi connectivity index (χ0n) is 12.1. The molecule has 19 heavy (non-hydrogen) atoms. The van der Waals surface area contributed by atoms with E-state index < -0.39 is 5.60 Å². The number of hydrogen-bond acceptors (Lipinski definition) is 3. The predicted octanol–water partition coefficient (Wildman–Crippen LogP) is 2.90. The molecule has 0 aromatic heterocycles. The fraction of sp³-hybridized carbons (Fsp3) is 0.625. The molecule has 1 heterocycles. The van der Waals surface area contributed by atoms with Crippen molar-refractivity contribution >= 4 is 0 Å². The zero-order chi connectivity index (χ0) is 13.9. The van der Waals surface area contributed by atoms with Crippen LogP contribution in [0.1, 0.15) is 39.2 Å². The molecule has 106 valence electrons. The molecule has 1 aromatic carbocycles. The molecule has 2 rings (SSSR count). The quantitative estimate of drug-likeness (QED) is 0.912. The molecule has 1 aliphatic heterocycles. The van der Waals surface area contributed by atoms with Crippen LogP contribution < -0.4 is 4.74 Å². The first-order valence-electron chi connectivity index (χ1n) is 6.93. The van der Waals surface area contributed by atoms with Crippen LogP contribution in [0.4, 0.5) is 0 Å². The highest BCUT2D eigenvalue weighted by Crippen LogP contribution is 2.26. The highest BCUT2D eigenvalue weighted by atomic mass is 16.5. The fourth-order valence-electron chi connectivity index (χ4n) is 2.16. The van der Waals surface area contributed by atoms with Crippen molar-refractivity contribution in [3.63, 3.8) is 0 Å². The summed E-state index contributed by atoms with van der Waals surface area (Å²) in [5.41, 5.74) is 0.697. The molecule has 3 nitrogen and oxygen atoms in total. The Morgan fingerprint density at radius 2 is 1.74 bits per heavy atom. The summed E-state index contributed by atoms with van der Waals surface area (Å²) in [4.78, 5) is 0. The second-order valence-electron chi connectivity index (χ2n) is 6.40. The second-order valence-corrected chi connectivity index (χ2v) is 6.40. The Balaban J connectivity index is 1.93. The summed E-state index contributed by atoms with van der Waals surface area (Å²) in [6, 6.07) is 8.12. The molecule has 0 atom stereocenters. The van der Waals surface area contributed by atoms with Crippen molar-refractivity contribution in [3.05, 3.63) is 29.8 Å². The molecule has 0 aliphatic carbocycles. The van der Waals surface area contributed by atoms with E-state index in [2.05, 4.69) is 32.9 Å². The van der Waals surface area contributed by atoms with Crippen LogP contribution in [0.3, 0.4) is 0 Å². The lowest BCUT2D eigenvalue weighted by atomic mass is 9.87. The Hall–Kier alpha value is -1.06. The van der Waals surface area contributed by atoms with Gasteiger partial charge < -0.3 is 14.6 Å². The first kappa shape index (κ1) is 14.4. The normalized spacial score (nSPS) is 19.2. The van der Waals surface area contributed by atoms with E-state index in [1.54, 1.807) is 0 Å². The van der Waals surface area contributed by atoms with Crippen molar-refractivity contribution in [2.24, 2.45) is 0 Å². The van der Waals surface area contributed by atoms with Crippen LogP contribution in [0.5, 0.6) is 5.75 Å². The summed E-state index contributed by atoms with van der Waals surface area (Å²) in [5.74, 6) is 0.813. The lowest BCUT2D eigenvalue weighted by molar-refractivity contribution is -0.0855. The van der Waals surface area contributed by atoms with Crippen molar-refractivity contribution in [1.29, 1.82) is 0 Å². The molecule has 3 heteroatoms. The Bertz CT molecular complexity index is 397. The van der Waals surface area contributed by atoms with Gasteiger partial charge in [-0.2, -0.15) is 0 Å². The van der Waals surface area contributed by atoms with Gasteiger partial charge in [-0.05, 0) is 23.1 Å². The third kappa shape index (κ3) is 3.95. The second kappa shape index (κ2) is 5.51. The summed E-state index contributed by atoms with van der Waals surface area (Å²) in [6.07, 6.45) is 1.29. The minimum Gasteiger partial charge on any atom is -0.491 e. The molecule has 1 aromatic rings. The molecule has 0 bridgehead atoms. The Morgan fingerprint density at radius 1 is 1.16 bits per heavy atom. The van der Waals surface area contributed by atoms with Gasteiger partial charge in [0.25, 0.3) is 0 Å². The molecule has 1 saturated heterocycles. The van der Waals surface area contributed by atoms with Crippen molar-refractivity contribution in [2.75, 3.05) is 19.8 Å². The molecule has 0 saturated carbocycles. The van der Waals surface area contributed by atoms with Crippen LogP contribution in [0.25, 0.3) is 0 Å². The van der Waals surface area contributed by atoms with Crippen LogP contribution in [-0.4, -0.2) is 30.5 Å². The van der Waals surface area contributed by atoms with Gasteiger partial charge in [-0.25, -0.2) is 0 Å². The number of benzene rings is 1. The molecular formula is C16H24O3. The molecule has 1 fully saturated rings. The summed E-state index contributed by atoms with van der Waals surface area (Å²) in [6.45, 7) is 8.13. The number of rotatable bonds is 3. The molecule has 1 N–H and O–H groups in total. The third-order valence-corrected chi connectivity index (χ3v) is 3.65. The molecule has 0 spiro atoms. The van der Waals surface area contributed by atoms with Gasteiger partial charge in [-0.3, -0.25) is 0 Å². The van der Waals surface area contributed by atoms with Gasteiger partial charge in [-0.15, -0.1) is 0 Å². The van der Waals surface area contributed by atoms with Gasteiger partial charge in [0, 0.05) is 26.1 Å². The van der Waals surface area contributed by atoms with Crippen molar-refractivity contribution < 1.29 is 14.6 Å². The summed E-state index contributed by atoms with van der Waals surface area (Å²) in [7, 11) is 0. The van der Waals surface area contributed by atoms with Gasteiger partial charge in [0.15, 0.2) is 0 Å².